The summed E-state index contributed by atoms with van der Waals surface area (Å²) in [7, 11) is 0. The van der Waals surface area contributed by atoms with E-state index in [9.17, 15) is 27.9 Å². The number of aliphatic carboxylic acids is 1. The van der Waals surface area contributed by atoms with Crippen LogP contribution in [0.1, 0.15) is 50.7 Å². The third kappa shape index (κ3) is 12.8. The Morgan fingerprint density at radius 1 is 1.02 bits per heavy atom. The Balaban J connectivity index is 0.000000860. The molecule has 0 radical (unpaired) electrons. The predicted molar refractivity (Wildman–Crippen MR) is 163 cm³/mol. The van der Waals surface area contributed by atoms with Crippen molar-refractivity contribution in [2.45, 2.75) is 64.6 Å². The van der Waals surface area contributed by atoms with Gasteiger partial charge in [-0.15, -0.1) is 0 Å². The van der Waals surface area contributed by atoms with Crippen molar-refractivity contribution in [2.24, 2.45) is 0 Å². The van der Waals surface area contributed by atoms with Crippen LogP contribution >= 0.6 is 0 Å². The molecule has 2 aromatic carbocycles. The minimum Gasteiger partial charge on any atom is -0.506 e. The number of carbonyl (C=O) groups excluding carboxylic acids is 1. The van der Waals surface area contributed by atoms with Gasteiger partial charge in [0.25, 0.3) is 0 Å². The molecule has 0 aliphatic carbocycles. The molecule has 3 aromatic rings. The van der Waals surface area contributed by atoms with Crippen molar-refractivity contribution < 1.29 is 37.7 Å². The maximum absolute atomic E-state index is 13.0. The van der Waals surface area contributed by atoms with Crippen molar-refractivity contribution >= 4 is 22.8 Å². The number of benzene rings is 2. The lowest BCUT2D eigenvalue weighted by Gasteiger charge is -2.30. The second-order valence-corrected chi connectivity index (χ2v) is 10.3. The van der Waals surface area contributed by atoms with Gasteiger partial charge in [-0.2, -0.15) is 13.2 Å². The van der Waals surface area contributed by atoms with E-state index in [1.54, 1.807) is 12.1 Å². The fourth-order valence-electron chi connectivity index (χ4n) is 4.55. The molecule has 0 unspecified atom stereocenters. The molecule has 0 bridgehead atoms. The highest BCUT2D eigenvalue weighted by molar-refractivity contribution is 5.87. The zero-order valence-electron chi connectivity index (χ0n) is 25.2. The van der Waals surface area contributed by atoms with Crippen molar-refractivity contribution in [3.05, 3.63) is 76.1 Å². The molecule has 242 valence electrons. The van der Waals surface area contributed by atoms with E-state index >= 15 is 0 Å². The first-order valence-electron chi connectivity index (χ1n) is 14.7. The maximum atomic E-state index is 13.0. The van der Waals surface area contributed by atoms with Crippen molar-refractivity contribution in [1.82, 2.24) is 15.2 Å². The summed E-state index contributed by atoms with van der Waals surface area (Å²) < 4.78 is 37.5. The number of amides is 1. The van der Waals surface area contributed by atoms with Crippen molar-refractivity contribution in [1.29, 1.82) is 0 Å². The van der Waals surface area contributed by atoms with E-state index in [0.717, 1.165) is 49.6 Å². The highest BCUT2D eigenvalue weighted by atomic mass is 19.4. The largest absolute Gasteiger partial charge is 0.506 e. The number of aromatic hydroxyl groups is 1. The van der Waals surface area contributed by atoms with Gasteiger partial charge >= 0.3 is 12.1 Å². The number of unbranched alkanes of at least 4 members (excludes halogenated alkanes) is 1. The normalized spacial score (nSPS) is 11.9. The monoisotopic (exact) mass is 621 g/mol. The number of aromatic nitrogens is 1. The Bertz CT molecular complexity index is 1360. The van der Waals surface area contributed by atoms with Crippen LogP contribution in [0.15, 0.2) is 59.4 Å². The minimum absolute atomic E-state index is 0.0728. The summed E-state index contributed by atoms with van der Waals surface area (Å²) >= 11 is 0. The number of fused-ring (bicyclic) bond motifs is 1. The second kappa shape index (κ2) is 18.7. The smallest absolute Gasteiger partial charge is 0.490 e. The van der Waals surface area contributed by atoms with Gasteiger partial charge in [0, 0.05) is 30.6 Å². The molecule has 1 aromatic heterocycles. The van der Waals surface area contributed by atoms with Crippen LogP contribution in [0.2, 0.25) is 0 Å². The minimum atomic E-state index is -5.08. The highest BCUT2D eigenvalue weighted by Crippen LogP contribution is 2.24. The van der Waals surface area contributed by atoms with E-state index in [1.807, 2.05) is 29.2 Å². The first-order chi connectivity index (χ1) is 20.9. The molecule has 9 nitrogen and oxygen atoms in total. The molecular formula is C32H42F3N3O6. The summed E-state index contributed by atoms with van der Waals surface area (Å²) in [6, 6.07) is 17.2. The number of carboxylic acids is 1. The van der Waals surface area contributed by atoms with E-state index in [2.05, 4.69) is 36.3 Å². The van der Waals surface area contributed by atoms with Gasteiger partial charge in [-0.3, -0.25) is 9.59 Å². The zero-order chi connectivity index (χ0) is 32.5. The van der Waals surface area contributed by atoms with Gasteiger partial charge < -0.3 is 30.2 Å². The molecule has 0 aliphatic rings. The average molecular weight is 622 g/mol. The van der Waals surface area contributed by atoms with Crippen LogP contribution in [0, 0.1) is 0 Å². The standard InChI is InChI=1S/C30H41N3O4.C2HF3O2/c1-3-4-8-23(2)33(29(36)17-22-37-21-16-24-9-6-5-7-10-24)20-19-31-18-15-25-11-13-27(34)30-26(25)12-14-28(35)32-30;3-2(4,5)1(6)7/h5-7,9-14,23,31,34H,3-4,8,15-22H2,1-2H3,(H,32,35);(H,6,7)/t23-;/m1./s1. The Hall–Kier alpha value is -3.90. The quantitative estimate of drug-likeness (QED) is 0.165. The molecule has 12 heteroatoms. The van der Waals surface area contributed by atoms with E-state index in [1.165, 1.54) is 11.6 Å². The van der Waals surface area contributed by atoms with Crippen LogP contribution in [-0.2, 0) is 27.2 Å². The lowest BCUT2D eigenvalue weighted by molar-refractivity contribution is -0.192. The van der Waals surface area contributed by atoms with E-state index in [-0.39, 0.29) is 23.3 Å². The van der Waals surface area contributed by atoms with Gasteiger partial charge in [0.2, 0.25) is 11.5 Å². The number of carbonyl (C=O) groups is 2. The number of phenolic OH excluding ortho intramolecular Hbond substituents is 1. The summed E-state index contributed by atoms with van der Waals surface area (Å²) in [6.45, 7) is 7.43. The van der Waals surface area contributed by atoms with Gasteiger partial charge in [0.05, 0.1) is 25.2 Å². The number of ether oxygens (including phenoxy) is 1. The number of hydrogen-bond acceptors (Lipinski definition) is 6. The Kier molecular flexibility index (Phi) is 15.4. The van der Waals surface area contributed by atoms with Gasteiger partial charge in [0.15, 0.2) is 0 Å². The number of hydrogen-bond donors (Lipinski definition) is 4. The Morgan fingerprint density at radius 3 is 2.39 bits per heavy atom. The molecular weight excluding hydrogens is 579 g/mol. The summed E-state index contributed by atoms with van der Waals surface area (Å²) in [5.74, 6) is -2.55. The molecule has 0 aliphatic heterocycles. The first kappa shape index (κ1) is 36.3. The number of phenols is 1. The van der Waals surface area contributed by atoms with E-state index in [0.29, 0.717) is 38.2 Å². The lowest BCUT2D eigenvalue weighted by atomic mass is 10.0. The molecule has 3 rings (SSSR count). The number of halogens is 3. The maximum Gasteiger partial charge on any atom is 0.490 e. The van der Waals surface area contributed by atoms with E-state index < -0.39 is 12.1 Å². The Labute approximate surface area is 255 Å². The topological polar surface area (TPSA) is 132 Å². The predicted octanol–water partition coefficient (Wildman–Crippen LogP) is 5.06. The van der Waals surface area contributed by atoms with Crippen LogP contribution < -0.4 is 10.9 Å². The van der Waals surface area contributed by atoms with Crippen LogP contribution in [0.3, 0.4) is 0 Å². The second-order valence-electron chi connectivity index (χ2n) is 10.3. The van der Waals surface area contributed by atoms with Crippen molar-refractivity contribution in [3.63, 3.8) is 0 Å². The number of rotatable bonds is 16. The molecule has 0 spiro atoms. The fraction of sp³-hybridized carbons (Fsp3) is 0.469. The van der Waals surface area contributed by atoms with Crippen molar-refractivity contribution in [3.8, 4) is 5.75 Å². The van der Waals surface area contributed by atoms with Crippen LogP contribution in [0.4, 0.5) is 13.2 Å². The third-order valence-electron chi connectivity index (χ3n) is 6.97. The van der Waals surface area contributed by atoms with E-state index in [4.69, 9.17) is 14.6 Å². The number of alkyl halides is 3. The van der Waals surface area contributed by atoms with Crippen LogP contribution in [-0.4, -0.2) is 77.0 Å². The molecule has 1 atom stereocenters. The molecule has 0 saturated heterocycles. The average Bonchev–Trinajstić information content (AvgIpc) is 2.99. The Morgan fingerprint density at radius 2 is 1.73 bits per heavy atom. The van der Waals surface area contributed by atoms with Gasteiger partial charge in [-0.1, -0.05) is 56.2 Å². The molecule has 4 N–H and O–H groups in total. The number of H-pyrrole nitrogens is 1. The first-order valence-corrected chi connectivity index (χ1v) is 14.7. The third-order valence-corrected chi connectivity index (χ3v) is 6.97. The van der Waals surface area contributed by atoms with Gasteiger partial charge in [-0.05, 0) is 56.0 Å². The number of carboxylic acid groups (broad SMARTS) is 1. The summed E-state index contributed by atoms with van der Waals surface area (Å²) in [6.07, 6.45) is 0.109. The summed E-state index contributed by atoms with van der Waals surface area (Å²) in [5, 5.41) is 21.5. The summed E-state index contributed by atoms with van der Waals surface area (Å²) in [4.78, 5) is 38.3. The fourth-order valence-corrected chi connectivity index (χ4v) is 4.55. The molecule has 1 heterocycles. The number of nitrogens with one attached hydrogen (secondary N) is 2. The van der Waals surface area contributed by atoms with Gasteiger partial charge in [0.1, 0.15) is 5.75 Å². The van der Waals surface area contributed by atoms with Gasteiger partial charge in [-0.25, -0.2) is 4.79 Å². The van der Waals surface area contributed by atoms with Crippen LogP contribution in [0.5, 0.6) is 5.75 Å². The number of nitrogens with zero attached hydrogens (tertiary/aromatic N) is 1. The molecule has 0 saturated carbocycles. The molecule has 1 amide bonds. The zero-order valence-corrected chi connectivity index (χ0v) is 25.2. The lowest BCUT2D eigenvalue weighted by Crippen LogP contribution is -2.43. The van der Waals surface area contributed by atoms with Crippen molar-refractivity contribution in [2.75, 3.05) is 32.8 Å². The summed E-state index contributed by atoms with van der Waals surface area (Å²) in [5.41, 5.74) is 2.52. The molecule has 44 heavy (non-hydrogen) atoms. The van der Waals surface area contributed by atoms with Crippen LogP contribution in [0.25, 0.3) is 10.9 Å². The SMILES string of the molecule is CCCC[C@@H](C)N(CCNCCc1ccc(O)c2[nH]c(=O)ccc12)C(=O)CCOCCc1ccccc1.O=C(O)C(F)(F)F. The number of pyridine rings is 1. The number of aromatic amines is 1. The highest BCUT2D eigenvalue weighted by Gasteiger charge is 2.38. The molecule has 0 fully saturated rings.